The Labute approximate surface area is 118 Å². The lowest BCUT2D eigenvalue weighted by atomic mass is 9.80. The van der Waals surface area contributed by atoms with Crippen LogP contribution in [0.5, 0.6) is 0 Å². The largest absolute Gasteiger partial charge is 0.369 e. The molecule has 2 heterocycles. The Balaban J connectivity index is 1.88. The SMILES string of the molecule is C[C@H]1[C@H](C)C[C@H](c2ccncc2[N+](=O)[O-])O[C@@H]1C1CC1. The van der Waals surface area contributed by atoms with E-state index in [-0.39, 0.29) is 22.8 Å². The van der Waals surface area contributed by atoms with Crippen LogP contribution in [0.15, 0.2) is 18.5 Å². The van der Waals surface area contributed by atoms with Crippen LogP contribution >= 0.6 is 0 Å². The van der Waals surface area contributed by atoms with Gasteiger partial charge < -0.3 is 4.74 Å². The van der Waals surface area contributed by atoms with Gasteiger partial charge in [0.2, 0.25) is 0 Å². The predicted octanol–water partition coefficient (Wildman–Crippen LogP) is 3.50. The van der Waals surface area contributed by atoms with E-state index in [0.717, 1.165) is 6.42 Å². The molecule has 0 aromatic carbocycles. The molecule has 20 heavy (non-hydrogen) atoms. The van der Waals surface area contributed by atoms with Crippen LogP contribution in [0.25, 0.3) is 0 Å². The molecule has 1 aromatic rings. The van der Waals surface area contributed by atoms with Crippen molar-refractivity contribution in [2.24, 2.45) is 17.8 Å². The van der Waals surface area contributed by atoms with Gasteiger partial charge in [-0.3, -0.25) is 15.1 Å². The molecule has 3 rings (SSSR count). The maximum Gasteiger partial charge on any atom is 0.293 e. The average Bonchev–Trinajstić information content (AvgIpc) is 3.26. The zero-order valence-electron chi connectivity index (χ0n) is 11.9. The van der Waals surface area contributed by atoms with Crippen molar-refractivity contribution in [3.8, 4) is 0 Å². The molecular formula is C15H20N2O3. The lowest BCUT2D eigenvalue weighted by Crippen LogP contribution is -2.36. The van der Waals surface area contributed by atoms with E-state index < -0.39 is 0 Å². The third-order valence-corrected chi connectivity index (χ3v) is 4.79. The van der Waals surface area contributed by atoms with E-state index >= 15 is 0 Å². The van der Waals surface area contributed by atoms with Gasteiger partial charge >= 0.3 is 0 Å². The monoisotopic (exact) mass is 276 g/mol. The van der Waals surface area contributed by atoms with E-state index in [0.29, 0.717) is 23.3 Å². The van der Waals surface area contributed by atoms with Gasteiger partial charge in [-0.15, -0.1) is 0 Å². The van der Waals surface area contributed by atoms with Crippen LogP contribution < -0.4 is 0 Å². The second kappa shape index (κ2) is 5.13. The van der Waals surface area contributed by atoms with Crippen LogP contribution in [0.4, 0.5) is 5.69 Å². The van der Waals surface area contributed by atoms with Gasteiger partial charge in [-0.05, 0) is 43.1 Å². The highest BCUT2D eigenvalue weighted by Crippen LogP contribution is 2.48. The molecule has 2 aliphatic rings. The first-order valence-corrected chi connectivity index (χ1v) is 7.31. The van der Waals surface area contributed by atoms with Crippen LogP contribution in [-0.2, 0) is 4.74 Å². The molecule has 5 nitrogen and oxygen atoms in total. The molecule has 1 aromatic heterocycles. The highest BCUT2D eigenvalue weighted by molar-refractivity contribution is 5.38. The summed E-state index contributed by atoms with van der Waals surface area (Å²) in [7, 11) is 0. The van der Waals surface area contributed by atoms with E-state index in [2.05, 4.69) is 18.8 Å². The second-order valence-electron chi connectivity index (χ2n) is 6.19. The lowest BCUT2D eigenvalue weighted by molar-refractivity contribution is -0.386. The van der Waals surface area contributed by atoms with Gasteiger partial charge in [0.25, 0.3) is 5.69 Å². The first-order chi connectivity index (χ1) is 9.58. The van der Waals surface area contributed by atoms with E-state index in [4.69, 9.17) is 4.74 Å². The normalized spacial score (nSPS) is 33.9. The molecule has 5 heteroatoms. The van der Waals surface area contributed by atoms with Crippen LogP contribution in [0.2, 0.25) is 0 Å². The van der Waals surface area contributed by atoms with Gasteiger partial charge in [0.15, 0.2) is 0 Å². The van der Waals surface area contributed by atoms with Crippen LogP contribution in [-0.4, -0.2) is 16.0 Å². The Kier molecular flexibility index (Phi) is 3.46. The number of pyridine rings is 1. The van der Waals surface area contributed by atoms with Crippen molar-refractivity contribution < 1.29 is 9.66 Å². The molecule has 0 spiro atoms. The van der Waals surface area contributed by atoms with Crippen molar-refractivity contribution in [2.75, 3.05) is 0 Å². The molecule has 0 N–H and O–H groups in total. The summed E-state index contributed by atoms with van der Waals surface area (Å²) in [5, 5.41) is 11.1. The molecule has 1 saturated heterocycles. The molecule has 0 bridgehead atoms. The Hall–Kier alpha value is -1.49. The summed E-state index contributed by atoms with van der Waals surface area (Å²) in [6.45, 7) is 4.47. The van der Waals surface area contributed by atoms with Crippen LogP contribution in [0.3, 0.4) is 0 Å². The minimum atomic E-state index is -0.361. The van der Waals surface area contributed by atoms with Crippen molar-refractivity contribution in [3.63, 3.8) is 0 Å². The number of ether oxygens (including phenoxy) is 1. The Morgan fingerprint density at radius 1 is 1.40 bits per heavy atom. The summed E-state index contributed by atoms with van der Waals surface area (Å²) in [5.41, 5.74) is 0.753. The Morgan fingerprint density at radius 2 is 2.15 bits per heavy atom. The summed E-state index contributed by atoms with van der Waals surface area (Å²) in [6, 6.07) is 1.73. The number of rotatable bonds is 3. The Morgan fingerprint density at radius 3 is 2.80 bits per heavy atom. The predicted molar refractivity (Wildman–Crippen MR) is 74.2 cm³/mol. The van der Waals surface area contributed by atoms with Crippen LogP contribution in [0, 0.1) is 27.9 Å². The first-order valence-electron chi connectivity index (χ1n) is 7.31. The summed E-state index contributed by atoms with van der Waals surface area (Å²) < 4.78 is 6.24. The molecule has 0 amide bonds. The maximum absolute atomic E-state index is 11.1. The highest BCUT2D eigenvalue weighted by atomic mass is 16.6. The third-order valence-electron chi connectivity index (χ3n) is 4.79. The molecule has 2 fully saturated rings. The topological polar surface area (TPSA) is 65.3 Å². The van der Waals surface area contributed by atoms with E-state index in [1.54, 1.807) is 12.3 Å². The van der Waals surface area contributed by atoms with Crippen molar-refractivity contribution in [1.29, 1.82) is 0 Å². The fraction of sp³-hybridized carbons (Fsp3) is 0.667. The molecular weight excluding hydrogens is 256 g/mol. The minimum absolute atomic E-state index is 0.0776. The number of nitro groups is 1. The summed E-state index contributed by atoms with van der Waals surface area (Å²) in [5.74, 6) is 1.70. The first kappa shape index (κ1) is 13.5. The van der Waals surface area contributed by atoms with Crippen LogP contribution in [0.1, 0.15) is 44.8 Å². The number of hydrogen-bond donors (Lipinski definition) is 0. The fourth-order valence-electron chi connectivity index (χ4n) is 3.23. The molecule has 0 unspecified atom stereocenters. The van der Waals surface area contributed by atoms with E-state index in [9.17, 15) is 10.1 Å². The lowest BCUT2D eigenvalue weighted by Gasteiger charge is -2.39. The van der Waals surface area contributed by atoms with Gasteiger partial charge in [0, 0.05) is 6.20 Å². The van der Waals surface area contributed by atoms with E-state index in [1.807, 2.05) is 0 Å². The zero-order chi connectivity index (χ0) is 14.3. The molecule has 4 atom stereocenters. The highest BCUT2D eigenvalue weighted by Gasteiger charge is 2.43. The van der Waals surface area contributed by atoms with Crippen molar-refractivity contribution >= 4 is 5.69 Å². The summed E-state index contributed by atoms with van der Waals surface area (Å²) in [6.07, 6.45) is 6.31. The molecule has 0 radical (unpaired) electrons. The van der Waals surface area contributed by atoms with Crippen molar-refractivity contribution in [3.05, 3.63) is 34.1 Å². The summed E-state index contributed by atoms with van der Waals surface area (Å²) in [4.78, 5) is 14.7. The van der Waals surface area contributed by atoms with Crippen molar-refractivity contribution in [2.45, 2.75) is 45.3 Å². The smallest absolute Gasteiger partial charge is 0.293 e. The molecule has 1 aliphatic carbocycles. The maximum atomic E-state index is 11.1. The minimum Gasteiger partial charge on any atom is -0.369 e. The van der Waals surface area contributed by atoms with Gasteiger partial charge in [-0.1, -0.05) is 13.8 Å². The quantitative estimate of drug-likeness (QED) is 0.626. The zero-order valence-corrected chi connectivity index (χ0v) is 11.9. The van der Waals surface area contributed by atoms with Gasteiger partial charge in [-0.25, -0.2) is 0 Å². The Bertz CT molecular complexity index is 516. The number of aromatic nitrogens is 1. The van der Waals surface area contributed by atoms with E-state index in [1.165, 1.54) is 19.0 Å². The second-order valence-corrected chi connectivity index (χ2v) is 6.19. The fourth-order valence-corrected chi connectivity index (χ4v) is 3.23. The average molecular weight is 276 g/mol. The third kappa shape index (κ3) is 2.42. The molecule has 1 saturated carbocycles. The van der Waals surface area contributed by atoms with Gasteiger partial charge in [-0.2, -0.15) is 0 Å². The van der Waals surface area contributed by atoms with Gasteiger partial charge in [0.05, 0.1) is 22.7 Å². The van der Waals surface area contributed by atoms with Crippen molar-refractivity contribution in [1.82, 2.24) is 4.98 Å². The molecule has 108 valence electrons. The molecule has 1 aliphatic heterocycles. The number of nitrogens with zero attached hydrogens (tertiary/aromatic N) is 2. The standard InChI is InChI=1S/C15H20N2O3/c1-9-7-14(20-15(10(9)2)11-3-4-11)12-5-6-16-8-13(12)17(18)19/h5-6,8-11,14-15H,3-4,7H2,1-2H3/t9-,10+,14-,15+/m1/s1. The van der Waals surface area contributed by atoms with Gasteiger partial charge in [0.1, 0.15) is 6.20 Å². The summed E-state index contributed by atoms with van der Waals surface area (Å²) >= 11 is 0. The number of hydrogen-bond acceptors (Lipinski definition) is 4.